The van der Waals surface area contributed by atoms with Gasteiger partial charge in [0.15, 0.2) is 4.34 Å². The van der Waals surface area contributed by atoms with E-state index in [9.17, 15) is 4.79 Å². The topological polar surface area (TPSA) is 64.1 Å². The molecule has 0 amide bonds. The van der Waals surface area contributed by atoms with Gasteiger partial charge in [-0.2, -0.15) is 4.37 Å². The number of ether oxygens (including phenoxy) is 1. The van der Waals surface area contributed by atoms with E-state index < -0.39 is 5.54 Å². The van der Waals surface area contributed by atoms with E-state index in [-0.39, 0.29) is 5.97 Å². The Hall–Kier alpha value is -0.660. The summed E-state index contributed by atoms with van der Waals surface area (Å²) in [6.07, 6.45) is 3.72. The molecule has 1 N–H and O–H groups in total. The van der Waals surface area contributed by atoms with Gasteiger partial charge in [0.05, 0.1) is 6.61 Å². The molecule has 1 fully saturated rings. The van der Waals surface area contributed by atoms with Crippen molar-refractivity contribution >= 4 is 29.3 Å². The van der Waals surface area contributed by atoms with Crippen molar-refractivity contribution in [2.75, 3.05) is 18.9 Å². The van der Waals surface area contributed by atoms with Crippen LogP contribution in [0.2, 0.25) is 0 Å². The smallest absolute Gasteiger partial charge is 0.327 e. The van der Waals surface area contributed by atoms with Gasteiger partial charge in [0.2, 0.25) is 0 Å². The van der Waals surface area contributed by atoms with E-state index in [4.69, 9.17) is 4.74 Å². The SMILES string of the molecule is CCNC(CSc1ncns1)(C(=O)OCC)C1CC1. The zero-order valence-corrected chi connectivity index (χ0v) is 12.9. The molecule has 1 saturated carbocycles. The summed E-state index contributed by atoms with van der Waals surface area (Å²) >= 11 is 2.94. The normalized spacial score (nSPS) is 18.0. The van der Waals surface area contributed by atoms with Crippen molar-refractivity contribution in [3.8, 4) is 0 Å². The van der Waals surface area contributed by atoms with Gasteiger partial charge in [0, 0.05) is 5.75 Å². The molecule has 2 rings (SSSR count). The van der Waals surface area contributed by atoms with Crippen LogP contribution in [0, 0.1) is 5.92 Å². The molecular weight excluding hydrogens is 282 g/mol. The van der Waals surface area contributed by atoms with Crippen LogP contribution in [0.3, 0.4) is 0 Å². The highest BCUT2D eigenvalue weighted by molar-refractivity contribution is 8.01. The number of likely N-dealkylation sites (N-methyl/N-ethyl adjacent to an activating group) is 1. The van der Waals surface area contributed by atoms with Crippen molar-refractivity contribution in [3.05, 3.63) is 6.33 Å². The van der Waals surface area contributed by atoms with E-state index in [0.717, 1.165) is 23.7 Å². The van der Waals surface area contributed by atoms with Crippen molar-refractivity contribution < 1.29 is 9.53 Å². The number of hydrogen-bond acceptors (Lipinski definition) is 7. The molecule has 1 aromatic rings. The average molecular weight is 301 g/mol. The first-order chi connectivity index (χ1) is 9.23. The summed E-state index contributed by atoms with van der Waals surface area (Å²) in [7, 11) is 0. The third-order valence-corrected chi connectivity index (χ3v) is 5.16. The van der Waals surface area contributed by atoms with E-state index in [1.54, 1.807) is 18.1 Å². The third kappa shape index (κ3) is 3.46. The second kappa shape index (κ2) is 6.67. The highest BCUT2D eigenvalue weighted by Gasteiger charge is 2.51. The molecule has 0 radical (unpaired) electrons. The maximum atomic E-state index is 12.4. The van der Waals surface area contributed by atoms with E-state index in [1.807, 2.05) is 13.8 Å². The van der Waals surface area contributed by atoms with Gasteiger partial charge in [-0.05, 0) is 43.8 Å². The van der Waals surface area contributed by atoms with Gasteiger partial charge >= 0.3 is 5.97 Å². The monoisotopic (exact) mass is 301 g/mol. The second-order valence-corrected chi connectivity index (χ2v) is 6.49. The average Bonchev–Trinajstić information content (AvgIpc) is 3.12. The minimum absolute atomic E-state index is 0.128. The highest BCUT2D eigenvalue weighted by atomic mass is 32.2. The van der Waals surface area contributed by atoms with Crippen molar-refractivity contribution in [3.63, 3.8) is 0 Å². The molecule has 0 aromatic carbocycles. The molecule has 0 aliphatic heterocycles. The summed E-state index contributed by atoms with van der Waals surface area (Å²) in [6, 6.07) is 0. The molecule has 1 aliphatic carbocycles. The summed E-state index contributed by atoms with van der Waals surface area (Å²) in [5, 5.41) is 3.37. The quantitative estimate of drug-likeness (QED) is 0.585. The molecule has 0 saturated heterocycles. The number of nitrogens with zero attached hydrogens (tertiary/aromatic N) is 2. The molecule has 1 atom stereocenters. The largest absolute Gasteiger partial charge is 0.465 e. The maximum absolute atomic E-state index is 12.4. The fourth-order valence-electron chi connectivity index (χ4n) is 2.16. The lowest BCUT2D eigenvalue weighted by molar-refractivity contribution is -0.151. The molecule has 1 aromatic heterocycles. The van der Waals surface area contributed by atoms with Gasteiger partial charge in [-0.1, -0.05) is 18.7 Å². The molecule has 19 heavy (non-hydrogen) atoms. The van der Waals surface area contributed by atoms with Crippen LogP contribution in [-0.2, 0) is 9.53 Å². The fraction of sp³-hybridized carbons (Fsp3) is 0.750. The Morgan fingerprint density at radius 3 is 2.95 bits per heavy atom. The number of carbonyl (C=O) groups excluding carboxylic acids is 1. The van der Waals surface area contributed by atoms with Crippen molar-refractivity contribution in [2.24, 2.45) is 5.92 Å². The lowest BCUT2D eigenvalue weighted by Crippen LogP contribution is -2.57. The molecule has 7 heteroatoms. The summed E-state index contributed by atoms with van der Waals surface area (Å²) in [5.41, 5.74) is -0.568. The van der Waals surface area contributed by atoms with Crippen LogP contribution in [0.5, 0.6) is 0 Å². The molecular formula is C12H19N3O2S2. The van der Waals surface area contributed by atoms with Crippen molar-refractivity contribution in [2.45, 2.75) is 36.6 Å². The zero-order chi connectivity index (χ0) is 13.7. The van der Waals surface area contributed by atoms with E-state index >= 15 is 0 Å². The van der Waals surface area contributed by atoms with Crippen LogP contribution in [-0.4, -0.2) is 39.8 Å². The summed E-state index contributed by atoms with van der Waals surface area (Å²) in [4.78, 5) is 16.5. The van der Waals surface area contributed by atoms with Gasteiger partial charge in [0.1, 0.15) is 11.9 Å². The van der Waals surface area contributed by atoms with Crippen LogP contribution >= 0.6 is 23.3 Å². The summed E-state index contributed by atoms with van der Waals surface area (Å²) in [6.45, 7) is 5.04. The van der Waals surface area contributed by atoms with E-state index in [0.29, 0.717) is 18.3 Å². The Balaban J connectivity index is 2.09. The zero-order valence-electron chi connectivity index (χ0n) is 11.2. The lowest BCUT2D eigenvalue weighted by atomic mass is 9.95. The number of aromatic nitrogens is 2. The standard InChI is InChI=1S/C12H19N3O2S2/c1-3-14-12(9-5-6-9,10(16)17-4-2)7-18-11-13-8-15-19-11/h8-9,14H,3-7H2,1-2H3. The molecule has 1 unspecified atom stereocenters. The first-order valence-electron chi connectivity index (χ1n) is 6.54. The van der Waals surface area contributed by atoms with Crippen LogP contribution in [0.4, 0.5) is 0 Å². The minimum Gasteiger partial charge on any atom is -0.465 e. The highest BCUT2D eigenvalue weighted by Crippen LogP contribution is 2.43. The lowest BCUT2D eigenvalue weighted by Gasteiger charge is -2.31. The summed E-state index contributed by atoms with van der Waals surface area (Å²) in [5.74, 6) is 0.905. The van der Waals surface area contributed by atoms with Gasteiger partial charge in [0.25, 0.3) is 0 Å². The number of nitrogens with one attached hydrogen (secondary N) is 1. The van der Waals surface area contributed by atoms with Gasteiger partial charge in [-0.25, -0.2) is 4.98 Å². The Morgan fingerprint density at radius 1 is 1.63 bits per heavy atom. The molecule has 5 nitrogen and oxygen atoms in total. The molecule has 1 heterocycles. The molecule has 1 aliphatic rings. The second-order valence-electron chi connectivity index (χ2n) is 4.49. The minimum atomic E-state index is -0.568. The number of carbonyl (C=O) groups is 1. The predicted octanol–water partition coefficient (Wildman–Crippen LogP) is 1.95. The first kappa shape index (κ1) is 14.7. The Kier molecular flexibility index (Phi) is 5.18. The molecule has 106 valence electrons. The van der Waals surface area contributed by atoms with Gasteiger partial charge < -0.3 is 10.1 Å². The van der Waals surface area contributed by atoms with E-state index in [2.05, 4.69) is 14.7 Å². The number of hydrogen-bond donors (Lipinski definition) is 1. The van der Waals surface area contributed by atoms with Crippen molar-refractivity contribution in [1.29, 1.82) is 0 Å². The van der Waals surface area contributed by atoms with Crippen LogP contribution in [0.25, 0.3) is 0 Å². The molecule has 0 spiro atoms. The van der Waals surface area contributed by atoms with Gasteiger partial charge in [-0.3, -0.25) is 4.79 Å². The number of rotatable bonds is 8. The maximum Gasteiger partial charge on any atom is 0.327 e. The van der Waals surface area contributed by atoms with Crippen LogP contribution < -0.4 is 5.32 Å². The molecule has 0 bridgehead atoms. The predicted molar refractivity (Wildman–Crippen MR) is 76.4 cm³/mol. The third-order valence-electron chi connectivity index (χ3n) is 3.17. The first-order valence-corrected chi connectivity index (χ1v) is 8.30. The van der Waals surface area contributed by atoms with Gasteiger partial charge in [-0.15, -0.1) is 0 Å². The van der Waals surface area contributed by atoms with E-state index in [1.165, 1.54) is 11.5 Å². The Labute approximate surface area is 121 Å². The Morgan fingerprint density at radius 2 is 2.42 bits per heavy atom. The Bertz CT molecular complexity index is 409. The fourth-order valence-corrected chi connectivity index (χ4v) is 3.89. The van der Waals surface area contributed by atoms with Crippen LogP contribution in [0.15, 0.2) is 10.7 Å². The van der Waals surface area contributed by atoms with Crippen LogP contribution in [0.1, 0.15) is 26.7 Å². The number of esters is 1. The number of thioether (sulfide) groups is 1. The summed E-state index contributed by atoms with van der Waals surface area (Å²) < 4.78 is 10.2. The van der Waals surface area contributed by atoms with Crippen molar-refractivity contribution in [1.82, 2.24) is 14.7 Å².